The Morgan fingerprint density at radius 2 is 1.47 bits per heavy atom. The van der Waals surface area contributed by atoms with Crippen LogP contribution >= 0.6 is 0 Å². The molecule has 0 aliphatic rings. The number of halogens is 7. The van der Waals surface area contributed by atoms with Crippen LogP contribution in [0.5, 0.6) is 0 Å². The molecule has 6 nitrogen and oxygen atoms in total. The Bertz CT molecular complexity index is 1720. The minimum absolute atomic E-state index is 0.0678. The van der Waals surface area contributed by atoms with Gasteiger partial charge in [-0.15, -0.1) is 0 Å². The van der Waals surface area contributed by atoms with Crippen LogP contribution in [0.25, 0.3) is 11.0 Å². The van der Waals surface area contributed by atoms with Gasteiger partial charge in [-0.1, -0.05) is 31.2 Å². The molecule has 13 heteroatoms. The molecule has 1 unspecified atom stereocenters. The molecule has 0 saturated heterocycles. The van der Waals surface area contributed by atoms with Crippen LogP contribution in [0.2, 0.25) is 0 Å². The molecule has 0 aliphatic heterocycles. The Morgan fingerprint density at radius 1 is 0.867 bits per heavy atom. The van der Waals surface area contributed by atoms with Gasteiger partial charge in [-0.05, 0) is 61.4 Å². The van der Waals surface area contributed by atoms with E-state index in [1.54, 1.807) is 25.1 Å². The third-order valence-corrected chi connectivity index (χ3v) is 7.28. The molecule has 0 saturated carbocycles. The first-order valence-corrected chi connectivity index (χ1v) is 13.7. The normalized spacial score (nSPS) is 12.6. The summed E-state index contributed by atoms with van der Waals surface area (Å²) in [5.41, 5.74) is -3.86. The van der Waals surface area contributed by atoms with Gasteiger partial charge < -0.3 is 14.2 Å². The van der Waals surface area contributed by atoms with E-state index in [1.165, 1.54) is 36.3 Å². The van der Waals surface area contributed by atoms with Gasteiger partial charge in [-0.3, -0.25) is 14.4 Å². The Morgan fingerprint density at radius 3 is 2.04 bits per heavy atom. The van der Waals surface area contributed by atoms with Gasteiger partial charge >= 0.3 is 12.4 Å². The second-order valence-corrected chi connectivity index (χ2v) is 10.4. The van der Waals surface area contributed by atoms with Crippen LogP contribution in [-0.4, -0.2) is 34.2 Å². The fraction of sp³-hybridized carbons (Fsp3) is 0.281. The summed E-state index contributed by atoms with van der Waals surface area (Å²) in [4.78, 5) is 42.6. The monoisotopic (exact) mass is 636 g/mol. The molecule has 4 aromatic rings. The topological polar surface area (TPSA) is 70.8 Å². The van der Waals surface area contributed by atoms with Crippen LogP contribution in [0.3, 0.4) is 0 Å². The zero-order chi connectivity index (χ0) is 33.1. The first-order chi connectivity index (χ1) is 21.1. The van der Waals surface area contributed by atoms with Crippen molar-refractivity contribution in [2.75, 3.05) is 6.54 Å². The minimum Gasteiger partial charge on any atom is -0.464 e. The molecule has 0 fully saturated rings. The number of nitrogens with zero attached hydrogens (tertiary/aromatic N) is 2. The summed E-state index contributed by atoms with van der Waals surface area (Å²) in [5.74, 6) is -2.54. The molecule has 1 heterocycles. The Labute approximate surface area is 252 Å². The van der Waals surface area contributed by atoms with E-state index in [-0.39, 0.29) is 36.5 Å². The van der Waals surface area contributed by atoms with Crippen molar-refractivity contribution in [2.24, 2.45) is 0 Å². The molecule has 0 radical (unpaired) electrons. The van der Waals surface area contributed by atoms with Gasteiger partial charge in [0.1, 0.15) is 17.9 Å². The number of carbonyl (C=O) groups excluding carboxylic acids is 2. The van der Waals surface area contributed by atoms with Crippen LogP contribution in [0, 0.1) is 5.82 Å². The van der Waals surface area contributed by atoms with E-state index in [0.29, 0.717) is 23.3 Å². The lowest BCUT2D eigenvalue weighted by atomic mass is 10.0. The van der Waals surface area contributed by atoms with Crippen molar-refractivity contribution in [1.82, 2.24) is 9.80 Å². The lowest BCUT2D eigenvalue weighted by molar-refractivity contribution is -0.143. The maximum absolute atomic E-state index is 13.8. The lowest BCUT2D eigenvalue weighted by Gasteiger charge is -2.31. The second-order valence-electron chi connectivity index (χ2n) is 10.4. The Hall–Kier alpha value is -4.68. The van der Waals surface area contributed by atoms with Crippen LogP contribution in [0.15, 0.2) is 82.2 Å². The quantitative estimate of drug-likeness (QED) is 0.179. The highest BCUT2D eigenvalue weighted by Crippen LogP contribution is 2.36. The van der Waals surface area contributed by atoms with Gasteiger partial charge in [0.2, 0.25) is 5.91 Å². The number of alkyl halides is 6. The number of carbonyl (C=O) groups is 2. The van der Waals surface area contributed by atoms with Crippen LogP contribution in [-0.2, 0) is 30.2 Å². The SMILES string of the molecule is CCC(C)N(CC(=O)N(Cc1ccc(F)cc1)Cc1coc2ccccc2c1=O)C(=O)c1cc(C(F)(F)F)cc(C(F)(F)F)c1. The first-order valence-electron chi connectivity index (χ1n) is 13.7. The summed E-state index contributed by atoms with van der Waals surface area (Å²) in [6.07, 6.45) is -8.98. The van der Waals surface area contributed by atoms with Crippen molar-refractivity contribution in [1.29, 1.82) is 0 Å². The van der Waals surface area contributed by atoms with Gasteiger partial charge in [0.15, 0.2) is 5.43 Å². The number of para-hydroxylation sites is 1. The molecule has 1 aromatic heterocycles. The summed E-state index contributed by atoms with van der Waals surface area (Å²) in [6, 6.07) is 11.3. The molecule has 0 N–H and O–H groups in total. The molecule has 238 valence electrons. The number of hydrogen-bond donors (Lipinski definition) is 0. The van der Waals surface area contributed by atoms with E-state index in [0.717, 1.165) is 17.0 Å². The molecule has 4 rings (SSSR count). The summed E-state index contributed by atoms with van der Waals surface area (Å²) in [7, 11) is 0. The molecule has 45 heavy (non-hydrogen) atoms. The van der Waals surface area contributed by atoms with E-state index in [1.807, 2.05) is 0 Å². The maximum Gasteiger partial charge on any atom is 0.416 e. The lowest BCUT2D eigenvalue weighted by Crippen LogP contribution is -2.46. The number of rotatable bonds is 9. The Kier molecular flexibility index (Phi) is 9.69. The highest BCUT2D eigenvalue weighted by atomic mass is 19.4. The van der Waals surface area contributed by atoms with E-state index < -0.39 is 64.7 Å². The van der Waals surface area contributed by atoms with Gasteiger partial charge in [-0.25, -0.2) is 4.39 Å². The van der Waals surface area contributed by atoms with Gasteiger partial charge in [0.25, 0.3) is 5.91 Å². The second kappa shape index (κ2) is 13.1. The maximum atomic E-state index is 13.8. The number of amides is 2. The summed E-state index contributed by atoms with van der Waals surface area (Å²) in [5, 5.41) is 0.241. The smallest absolute Gasteiger partial charge is 0.416 e. The zero-order valence-corrected chi connectivity index (χ0v) is 24.0. The van der Waals surface area contributed by atoms with Gasteiger partial charge in [0.05, 0.1) is 34.9 Å². The molecule has 1 atom stereocenters. The van der Waals surface area contributed by atoms with E-state index in [9.17, 15) is 45.1 Å². The van der Waals surface area contributed by atoms with E-state index in [4.69, 9.17) is 4.42 Å². The number of benzene rings is 3. The molecule has 2 amide bonds. The average molecular weight is 637 g/mol. The predicted molar refractivity (Wildman–Crippen MR) is 150 cm³/mol. The minimum atomic E-state index is -5.18. The summed E-state index contributed by atoms with van der Waals surface area (Å²) in [6.45, 7) is 1.87. The standard InChI is InChI=1S/C32H27F7N2O4/c1-3-19(2)41(30(44)21-12-23(31(34,35)36)14-24(13-21)32(37,38)39)17-28(42)40(15-20-8-10-25(33)11-9-20)16-22-18-45-27-7-5-4-6-26(27)29(22)43/h4-14,18-19H,3,15-17H2,1-2H3. The average Bonchev–Trinajstić information content (AvgIpc) is 3.00. The largest absolute Gasteiger partial charge is 0.464 e. The van der Waals surface area contributed by atoms with Gasteiger partial charge in [-0.2, -0.15) is 26.3 Å². The van der Waals surface area contributed by atoms with Gasteiger partial charge in [0, 0.05) is 18.2 Å². The fourth-order valence-electron chi connectivity index (χ4n) is 4.61. The molecule has 3 aromatic carbocycles. The van der Waals surface area contributed by atoms with Crippen molar-refractivity contribution in [2.45, 2.75) is 51.8 Å². The molecule has 0 spiro atoms. The van der Waals surface area contributed by atoms with E-state index >= 15 is 0 Å². The molecule has 0 bridgehead atoms. The van der Waals surface area contributed by atoms with Crippen molar-refractivity contribution >= 4 is 22.8 Å². The predicted octanol–water partition coefficient (Wildman–Crippen LogP) is 7.44. The highest BCUT2D eigenvalue weighted by molar-refractivity contribution is 5.97. The fourth-order valence-corrected chi connectivity index (χ4v) is 4.61. The highest BCUT2D eigenvalue weighted by Gasteiger charge is 2.38. The third kappa shape index (κ3) is 7.89. The zero-order valence-electron chi connectivity index (χ0n) is 24.0. The molecular formula is C32H27F7N2O4. The number of hydrogen-bond acceptors (Lipinski definition) is 4. The first kappa shape index (κ1) is 33.2. The van der Waals surface area contributed by atoms with Crippen molar-refractivity contribution < 1.29 is 44.7 Å². The summed E-state index contributed by atoms with van der Waals surface area (Å²) >= 11 is 0. The van der Waals surface area contributed by atoms with Crippen LogP contribution in [0.4, 0.5) is 30.7 Å². The van der Waals surface area contributed by atoms with Crippen molar-refractivity contribution in [3.63, 3.8) is 0 Å². The third-order valence-electron chi connectivity index (χ3n) is 7.28. The Balaban J connectivity index is 1.72. The number of fused-ring (bicyclic) bond motifs is 1. The van der Waals surface area contributed by atoms with Crippen LogP contribution in [0.1, 0.15) is 52.9 Å². The van der Waals surface area contributed by atoms with Crippen molar-refractivity contribution in [3.05, 3.63) is 117 Å². The van der Waals surface area contributed by atoms with E-state index in [2.05, 4.69) is 0 Å². The molecular weight excluding hydrogens is 609 g/mol. The summed E-state index contributed by atoms with van der Waals surface area (Å²) < 4.78 is 100. The van der Waals surface area contributed by atoms with Crippen molar-refractivity contribution in [3.8, 4) is 0 Å². The van der Waals surface area contributed by atoms with Crippen LogP contribution < -0.4 is 5.43 Å². The molecule has 0 aliphatic carbocycles.